The van der Waals surface area contributed by atoms with Crippen LogP contribution in [0.2, 0.25) is 0 Å². The van der Waals surface area contributed by atoms with Gasteiger partial charge in [-0.1, -0.05) is 31.4 Å². The van der Waals surface area contributed by atoms with Gasteiger partial charge in [0.1, 0.15) is 0 Å². The number of fused-ring (bicyclic) bond motifs is 6. The summed E-state index contributed by atoms with van der Waals surface area (Å²) < 4.78 is 0. The zero-order valence-electron chi connectivity index (χ0n) is 18.2. The third kappa shape index (κ3) is 2.64. The minimum atomic E-state index is -0.634. The molecule has 7 rings (SSSR count). The Hall–Kier alpha value is -1.31. The molecule has 6 aliphatic rings. The molecule has 1 aromatic carbocycles. The van der Waals surface area contributed by atoms with Gasteiger partial charge < -0.3 is 5.11 Å². The fourth-order valence-electron chi connectivity index (χ4n) is 9.66. The van der Waals surface area contributed by atoms with Gasteiger partial charge in [-0.3, -0.25) is 0 Å². The van der Waals surface area contributed by atoms with Crippen LogP contribution in [0.3, 0.4) is 0 Å². The van der Waals surface area contributed by atoms with E-state index in [1.807, 2.05) is 0 Å². The Kier molecular flexibility index (Phi) is 4.02. The molecule has 9 unspecified atom stereocenters. The molecule has 0 saturated heterocycles. The average Bonchev–Trinajstić information content (AvgIpc) is 3.59. The highest BCUT2D eigenvalue weighted by atomic mass is 16.4. The number of aromatic carboxylic acids is 1. The molecule has 1 N–H and O–H groups in total. The van der Waals surface area contributed by atoms with Gasteiger partial charge >= 0.3 is 5.97 Å². The molecule has 160 valence electrons. The molecule has 9 atom stereocenters. The van der Waals surface area contributed by atoms with Crippen molar-refractivity contribution in [2.24, 2.45) is 35.5 Å². The molecule has 6 fully saturated rings. The number of rotatable bonds is 4. The number of hydrogen-bond acceptors (Lipinski definition) is 1. The molecule has 0 aliphatic heterocycles. The van der Waals surface area contributed by atoms with Crippen molar-refractivity contribution < 1.29 is 9.90 Å². The highest BCUT2D eigenvalue weighted by molar-refractivity contribution is 5.92. The molecule has 0 amide bonds. The Bertz CT molecular complexity index is 838. The minimum Gasteiger partial charge on any atom is -0.478 e. The van der Waals surface area contributed by atoms with Crippen LogP contribution in [0.15, 0.2) is 12.1 Å². The van der Waals surface area contributed by atoms with Crippen molar-refractivity contribution in [2.75, 3.05) is 0 Å². The molecule has 1 aromatic rings. The smallest absolute Gasteiger partial charge is 0.336 e. The van der Waals surface area contributed by atoms with Crippen LogP contribution in [-0.2, 0) is 0 Å². The molecular weight excluding hydrogens is 368 g/mol. The fraction of sp³-hybridized carbons (Fsp3) is 0.750. The van der Waals surface area contributed by atoms with E-state index in [0.29, 0.717) is 17.8 Å². The quantitative estimate of drug-likeness (QED) is 0.581. The summed E-state index contributed by atoms with van der Waals surface area (Å²) in [6, 6.07) is 4.88. The normalized spacial score (nSPS) is 45.7. The summed E-state index contributed by atoms with van der Waals surface area (Å²) in [5, 5.41) is 10.5. The van der Waals surface area contributed by atoms with Gasteiger partial charge in [0.05, 0.1) is 5.56 Å². The molecule has 0 aromatic heterocycles. The van der Waals surface area contributed by atoms with Crippen LogP contribution in [0.25, 0.3) is 0 Å². The standard InChI is InChI=1S/C28H36O2/c29-28(30)27-25(23-11-16-2-5-19(23)8-16)13-21(22-10-15-1-4-18(22)7-15)14-26(27)24-12-17-3-6-20(24)9-17/h13-20,22-24H,1-12H2,(H,29,30). The van der Waals surface area contributed by atoms with E-state index in [9.17, 15) is 9.90 Å². The summed E-state index contributed by atoms with van der Waals surface area (Å²) >= 11 is 0. The second-order valence-electron chi connectivity index (χ2n) is 12.2. The van der Waals surface area contributed by atoms with E-state index in [1.54, 1.807) is 5.56 Å². The van der Waals surface area contributed by atoms with E-state index in [4.69, 9.17) is 0 Å². The lowest BCUT2D eigenvalue weighted by Gasteiger charge is -2.31. The molecule has 6 saturated carbocycles. The summed E-state index contributed by atoms with van der Waals surface area (Å²) in [5.41, 5.74) is 4.85. The van der Waals surface area contributed by atoms with Gasteiger partial charge in [0.25, 0.3) is 0 Å². The third-order valence-electron chi connectivity index (χ3n) is 10.9. The van der Waals surface area contributed by atoms with Crippen molar-refractivity contribution in [2.45, 2.75) is 94.8 Å². The summed E-state index contributed by atoms with van der Waals surface area (Å²) in [6.45, 7) is 0. The van der Waals surface area contributed by atoms with Crippen LogP contribution in [0, 0.1) is 35.5 Å². The Morgan fingerprint density at radius 2 is 1.07 bits per heavy atom. The highest BCUT2D eigenvalue weighted by Crippen LogP contribution is 2.59. The lowest BCUT2D eigenvalue weighted by Crippen LogP contribution is -2.21. The van der Waals surface area contributed by atoms with Crippen LogP contribution in [0.1, 0.15) is 122 Å². The van der Waals surface area contributed by atoms with Crippen LogP contribution in [0.5, 0.6) is 0 Å². The monoisotopic (exact) mass is 404 g/mol. The molecule has 6 aliphatic carbocycles. The Balaban J connectivity index is 1.37. The Labute approximate surface area is 180 Å². The van der Waals surface area contributed by atoms with E-state index < -0.39 is 5.97 Å². The van der Waals surface area contributed by atoms with E-state index >= 15 is 0 Å². The second kappa shape index (κ2) is 6.59. The first-order valence-electron chi connectivity index (χ1n) is 13.0. The summed E-state index contributed by atoms with van der Waals surface area (Å²) in [7, 11) is 0. The molecular formula is C28H36O2. The molecule has 0 radical (unpaired) electrons. The van der Waals surface area contributed by atoms with Gasteiger partial charge in [0.15, 0.2) is 0 Å². The molecule has 0 spiro atoms. The Morgan fingerprint density at radius 3 is 1.40 bits per heavy atom. The van der Waals surface area contributed by atoms with Crippen LogP contribution in [-0.4, -0.2) is 11.1 Å². The maximum Gasteiger partial charge on any atom is 0.336 e. The topological polar surface area (TPSA) is 37.3 Å². The number of benzene rings is 1. The molecule has 0 heterocycles. The van der Waals surface area contributed by atoms with Crippen LogP contribution >= 0.6 is 0 Å². The molecule has 2 heteroatoms. The SMILES string of the molecule is O=C(O)c1c(C2CC3CCC2C3)cc(C2CC3CCC2C3)cc1C1CC2CCC1C2. The number of hydrogen-bond donors (Lipinski definition) is 1. The fourth-order valence-corrected chi connectivity index (χ4v) is 9.66. The first-order chi connectivity index (χ1) is 14.6. The largest absolute Gasteiger partial charge is 0.478 e. The Morgan fingerprint density at radius 1 is 0.633 bits per heavy atom. The average molecular weight is 405 g/mol. The van der Waals surface area contributed by atoms with Crippen molar-refractivity contribution in [1.82, 2.24) is 0 Å². The van der Waals surface area contributed by atoms with Gasteiger partial charge in [0, 0.05) is 0 Å². The molecule has 2 nitrogen and oxygen atoms in total. The van der Waals surface area contributed by atoms with E-state index in [1.165, 1.54) is 88.2 Å². The highest BCUT2D eigenvalue weighted by Gasteiger charge is 2.46. The second-order valence-corrected chi connectivity index (χ2v) is 12.2. The van der Waals surface area contributed by atoms with Gasteiger partial charge in [-0.05, 0) is 128 Å². The lowest BCUT2D eigenvalue weighted by atomic mass is 9.73. The van der Waals surface area contributed by atoms with Gasteiger partial charge in [-0.15, -0.1) is 0 Å². The maximum atomic E-state index is 12.7. The van der Waals surface area contributed by atoms with E-state index in [2.05, 4.69) is 12.1 Å². The maximum absolute atomic E-state index is 12.7. The van der Waals surface area contributed by atoms with Crippen LogP contribution < -0.4 is 0 Å². The zero-order valence-corrected chi connectivity index (χ0v) is 18.2. The van der Waals surface area contributed by atoms with Gasteiger partial charge in [-0.2, -0.15) is 0 Å². The number of carboxylic acids is 1. The third-order valence-corrected chi connectivity index (χ3v) is 10.9. The van der Waals surface area contributed by atoms with Crippen LogP contribution in [0.4, 0.5) is 0 Å². The zero-order chi connectivity index (χ0) is 20.0. The van der Waals surface area contributed by atoms with Gasteiger partial charge in [0.2, 0.25) is 0 Å². The van der Waals surface area contributed by atoms with E-state index in [0.717, 1.165) is 41.1 Å². The molecule has 30 heavy (non-hydrogen) atoms. The molecule has 6 bridgehead atoms. The number of carboxylic acid groups (broad SMARTS) is 1. The van der Waals surface area contributed by atoms with Crippen molar-refractivity contribution in [3.63, 3.8) is 0 Å². The first kappa shape index (κ1) is 18.3. The summed E-state index contributed by atoms with van der Waals surface area (Å²) in [4.78, 5) is 12.7. The number of carbonyl (C=O) groups is 1. The van der Waals surface area contributed by atoms with Crippen molar-refractivity contribution in [3.05, 3.63) is 34.4 Å². The predicted octanol–water partition coefficient (Wildman–Crippen LogP) is 7.10. The van der Waals surface area contributed by atoms with Gasteiger partial charge in [-0.25, -0.2) is 4.79 Å². The summed E-state index contributed by atoms with van der Waals surface area (Å²) in [6.07, 6.45) is 16.3. The minimum absolute atomic E-state index is 0.519. The predicted molar refractivity (Wildman–Crippen MR) is 118 cm³/mol. The van der Waals surface area contributed by atoms with Crippen molar-refractivity contribution in [3.8, 4) is 0 Å². The lowest BCUT2D eigenvalue weighted by molar-refractivity contribution is 0.0692. The summed E-state index contributed by atoms with van der Waals surface area (Å²) in [5.74, 6) is 6.13. The van der Waals surface area contributed by atoms with E-state index in [-0.39, 0.29) is 0 Å². The van der Waals surface area contributed by atoms with Crippen molar-refractivity contribution in [1.29, 1.82) is 0 Å². The van der Waals surface area contributed by atoms with Crippen molar-refractivity contribution >= 4 is 5.97 Å². The first-order valence-corrected chi connectivity index (χ1v) is 13.0.